The summed E-state index contributed by atoms with van der Waals surface area (Å²) in [4.78, 5) is 12.2. The summed E-state index contributed by atoms with van der Waals surface area (Å²) in [6.45, 7) is 1.77. The van der Waals surface area contributed by atoms with Crippen molar-refractivity contribution in [1.29, 1.82) is 0 Å². The predicted octanol–water partition coefficient (Wildman–Crippen LogP) is 2.18. The van der Waals surface area contributed by atoms with E-state index in [0.29, 0.717) is 10.4 Å². The first-order valence-electron chi connectivity index (χ1n) is 5.53. The van der Waals surface area contributed by atoms with E-state index in [0.717, 1.165) is 11.5 Å². The highest BCUT2D eigenvalue weighted by atomic mass is 32.1. The molecule has 1 aromatic heterocycles. The van der Waals surface area contributed by atoms with Gasteiger partial charge < -0.3 is 10.1 Å². The van der Waals surface area contributed by atoms with Crippen molar-refractivity contribution in [2.75, 3.05) is 7.11 Å². The van der Waals surface area contributed by atoms with Crippen LogP contribution in [0.4, 0.5) is 4.39 Å². The predicted molar refractivity (Wildman–Crippen MR) is 68.7 cm³/mol. The quantitative estimate of drug-likeness (QED) is 0.933. The molecule has 0 fully saturated rings. The van der Waals surface area contributed by atoms with Crippen molar-refractivity contribution < 1.29 is 13.9 Å². The van der Waals surface area contributed by atoms with Gasteiger partial charge in [0, 0.05) is 0 Å². The number of ether oxygens (including phenoxy) is 1. The molecular formula is C12H12FN3O2S. The molecule has 0 unspecified atom stereocenters. The van der Waals surface area contributed by atoms with Gasteiger partial charge in [-0.15, -0.1) is 5.10 Å². The van der Waals surface area contributed by atoms with Crippen LogP contribution in [0.5, 0.6) is 5.75 Å². The van der Waals surface area contributed by atoms with Gasteiger partial charge in [0.1, 0.15) is 4.88 Å². The highest BCUT2D eigenvalue weighted by molar-refractivity contribution is 7.07. The SMILES string of the molecule is COc1ccc([C@@H](C)NC(=O)c2cnns2)cc1F. The van der Waals surface area contributed by atoms with E-state index in [9.17, 15) is 9.18 Å². The van der Waals surface area contributed by atoms with Gasteiger partial charge in [0.25, 0.3) is 5.91 Å². The number of carbonyl (C=O) groups excluding carboxylic acids is 1. The molecule has 19 heavy (non-hydrogen) atoms. The Balaban J connectivity index is 2.09. The highest BCUT2D eigenvalue weighted by Crippen LogP contribution is 2.22. The number of carbonyl (C=O) groups is 1. The van der Waals surface area contributed by atoms with Gasteiger partial charge >= 0.3 is 0 Å². The van der Waals surface area contributed by atoms with Gasteiger partial charge in [-0.1, -0.05) is 10.6 Å². The molecule has 2 aromatic rings. The largest absolute Gasteiger partial charge is 0.494 e. The third kappa shape index (κ3) is 3.05. The molecular weight excluding hydrogens is 269 g/mol. The van der Waals surface area contributed by atoms with Crippen LogP contribution in [-0.4, -0.2) is 22.6 Å². The van der Waals surface area contributed by atoms with E-state index in [1.165, 1.54) is 25.4 Å². The Morgan fingerprint density at radius 2 is 2.32 bits per heavy atom. The molecule has 0 saturated heterocycles. The number of aromatic nitrogens is 2. The number of nitrogens with zero attached hydrogens (tertiary/aromatic N) is 2. The number of halogens is 1. The average Bonchev–Trinajstić information content (AvgIpc) is 2.92. The van der Waals surface area contributed by atoms with E-state index >= 15 is 0 Å². The lowest BCUT2D eigenvalue weighted by atomic mass is 10.1. The van der Waals surface area contributed by atoms with Gasteiger partial charge in [-0.3, -0.25) is 4.79 Å². The zero-order chi connectivity index (χ0) is 13.8. The van der Waals surface area contributed by atoms with E-state index < -0.39 is 5.82 Å². The zero-order valence-corrected chi connectivity index (χ0v) is 11.2. The lowest BCUT2D eigenvalue weighted by Gasteiger charge is -2.14. The first-order chi connectivity index (χ1) is 9.11. The van der Waals surface area contributed by atoms with Gasteiger partial charge in [-0.05, 0) is 36.2 Å². The Labute approximate surface area is 113 Å². The van der Waals surface area contributed by atoms with Crippen LogP contribution in [0.15, 0.2) is 24.4 Å². The van der Waals surface area contributed by atoms with Crippen LogP contribution in [0.3, 0.4) is 0 Å². The second kappa shape index (κ2) is 5.75. The fraction of sp³-hybridized carbons (Fsp3) is 0.250. The average molecular weight is 281 g/mol. The van der Waals surface area contributed by atoms with Gasteiger partial charge in [0.15, 0.2) is 11.6 Å². The van der Waals surface area contributed by atoms with Gasteiger partial charge in [-0.25, -0.2) is 4.39 Å². The molecule has 0 aliphatic carbocycles. The number of hydrogen-bond donors (Lipinski definition) is 1. The molecule has 1 heterocycles. The third-order valence-corrected chi connectivity index (χ3v) is 3.27. The molecule has 1 amide bonds. The number of benzene rings is 1. The topological polar surface area (TPSA) is 64.1 Å². The van der Waals surface area contributed by atoms with Crippen LogP contribution < -0.4 is 10.1 Å². The standard InChI is InChI=1S/C12H12FN3O2S/c1-7(15-12(17)11-6-14-16-19-11)8-3-4-10(18-2)9(13)5-8/h3-7H,1-2H3,(H,15,17)/t7-/m1/s1. The van der Waals surface area contributed by atoms with Crippen molar-refractivity contribution in [3.63, 3.8) is 0 Å². The van der Waals surface area contributed by atoms with E-state index in [2.05, 4.69) is 14.9 Å². The van der Waals surface area contributed by atoms with E-state index in [1.807, 2.05) is 0 Å². The highest BCUT2D eigenvalue weighted by Gasteiger charge is 2.14. The van der Waals surface area contributed by atoms with Crippen LogP contribution in [0.1, 0.15) is 28.2 Å². The molecule has 0 aliphatic heterocycles. The van der Waals surface area contributed by atoms with Crippen molar-refractivity contribution in [3.05, 3.63) is 40.7 Å². The summed E-state index contributed by atoms with van der Waals surface area (Å²) < 4.78 is 22.0. The molecule has 1 N–H and O–H groups in total. The maximum absolute atomic E-state index is 13.6. The van der Waals surface area contributed by atoms with Crippen LogP contribution in [0, 0.1) is 5.82 Å². The number of methoxy groups -OCH3 is 1. The summed E-state index contributed by atoms with van der Waals surface area (Å²) in [5.41, 5.74) is 0.657. The minimum absolute atomic E-state index is 0.175. The summed E-state index contributed by atoms with van der Waals surface area (Å²) in [7, 11) is 1.40. The number of hydrogen-bond acceptors (Lipinski definition) is 5. The molecule has 0 spiro atoms. The first-order valence-corrected chi connectivity index (χ1v) is 6.31. The van der Waals surface area contributed by atoms with Crippen LogP contribution >= 0.6 is 11.5 Å². The molecule has 1 aromatic carbocycles. The summed E-state index contributed by atoms with van der Waals surface area (Å²) >= 11 is 1.01. The molecule has 0 aliphatic rings. The number of amides is 1. The Morgan fingerprint density at radius 3 is 2.89 bits per heavy atom. The second-order valence-electron chi connectivity index (χ2n) is 3.87. The summed E-state index contributed by atoms with van der Waals surface area (Å²) in [6.07, 6.45) is 1.39. The fourth-order valence-corrected chi connectivity index (χ4v) is 1.99. The summed E-state index contributed by atoms with van der Waals surface area (Å²) in [5.74, 6) is -0.562. The fourth-order valence-electron chi connectivity index (χ4n) is 1.57. The molecule has 1 atom stereocenters. The Morgan fingerprint density at radius 1 is 1.53 bits per heavy atom. The van der Waals surface area contributed by atoms with Crippen molar-refractivity contribution in [2.24, 2.45) is 0 Å². The van der Waals surface area contributed by atoms with Crippen molar-refractivity contribution in [2.45, 2.75) is 13.0 Å². The number of rotatable bonds is 4. The Kier molecular flexibility index (Phi) is 4.06. The Bertz CT molecular complexity index is 574. The minimum atomic E-state index is -0.458. The van der Waals surface area contributed by atoms with Gasteiger partial charge in [0.2, 0.25) is 0 Å². The monoisotopic (exact) mass is 281 g/mol. The van der Waals surface area contributed by atoms with Crippen molar-refractivity contribution >= 4 is 17.4 Å². The molecule has 0 bridgehead atoms. The van der Waals surface area contributed by atoms with Crippen molar-refractivity contribution in [1.82, 2.24) is 14.9 Å². The molecule has 7 heteroatoms. The van der Waals surface area contributed by atoms with E-state index in [1.54, 1.807) is 13.0 Å². The summed E-state index contributed by atoms with van der Waals surface area (Å²) in [6, 6.07) is 4.25. The molecule has 5 nitrogen and oxygen atoms in total. The molecule has 0 saturated carbocycles. The van der Waals surface area contributed by atoms with Gasteiger partial charge in [-0.2, -0.15) is 0 Å². The maximum Gasteiger partial charge on any atom is 0.265 e. The molecule has 2 rings (SSSR count). The third-order valence-electron chi connectivity index (χ3n) is 2.61. The molecule has 100 valence electrons. The van der Waals surface area contributed by atoms with Crippen molar-refractivity contribution in [3.8, 4) is 5.75 Å². The summed E-state index contributed by atoms with van der Waals surface area (Å²) in [5, 5.41) is 6.34. The normalized spacial score (nSPS) is 11.9. The van der Waals surface area contributed by atoms with Crippen LogP contribution in [0.2, 0.25) is 0 Å². The minimum Gasteiger partial charge on any atom is -0.494 e. The lowest BCUT2D eigenvalue weighted by Crippen LogP contribution is -2.26. The van der Waals surface area contributed by atoms with Gasteiger partial charge in [0.05, 0.1) is 19.3 Å². The number of nitrogens with one attached hydrogen (secondary N) is 1. The Hall–Kier alpha value is -2.02. The lowest BCUT2D eigenvalue weighted by molar-refractivity contribution is 0.0943. The maximum atomic E-state index is 13.6. The zero-order valence-electron chi connectivity index (χ0n) is 10.4. The van der Waals surface area contributed by atoms with Crippen LogP contribution in [0.25, 0.3) is 0 Å². The molecule has 0 radical (unpaired) electrons. The van der Waals surface area contributed by atoms with E-state index in [-0.39, 0.29) is 17.7 Å². The smallest absolute Gasteiger partial charge is 0.265 e. The van der Waals surface area contributed by atoms with E-state index in [4.69, 9.17) is 4.74 Å². The first kappa shape index (κ1) is 13.4. The van der Waals surface area contributed by atoms with Crippen LogP contribution in [-0.2, 0) is 0 Å². The second-order valence-corrected chi connectivity index (χ2v) is 4.66.